The monoisotopic (exact) mass is 398 g/mol. The maximum Gasteiger partial charge on any atom is 0.184 e. The first kappa shape index (κ1) is 18.9. The summed E-state index contributed by atoms with van der Waals surface area (Å²) in [7, 11) is 0. The molecule has 1 fully saturated rings. The first-order valence-electron chi connectivity index (χ1n) is 9.05. The Balaban J connectivity index is 1.54. The first-order valence-corrected chi connectivity index (χ1v) is 10.0. The van der Waals surface area contributed by atoms with Crippen molar-refractivity contribution >= 4 is 17.4 Å². The van der Waals surface area contributed by atoms with Crippen LogP contribution in [0.2, 0.25) is 0 Å². The summed E-state index contributed by atoms with van der Waals surface area (Å²) in [6.07, 6.45) is 1.57. The zero-order valence-electron chi connectivity index (χ0n) is 15.2. The van der Waals surface area contributed by atoms with Crippen molar-refractivity contribution in [1.82, 2.24) is 15.2 Å². The van der Waals surface area contributed by atoms with Crippen LogP contribution in [0.5, 0.6) is 0 Å². The Morgan fingerprint density at radius 3 is 2.71 bits per heavy atom. The third-order valence-electron chi connectivity index (χ3n) is 4.60. The standard InChI is InChI=1S/C20H22N4O3S/c21-16-3-1-2-15(8-16)19-26-17(11-28-20-22-12-23-24-20)9-18(27-19)14-6-4-13(10-25)5-7-14/h1-8,12,17-19,25H,9-11,21H2,(H,22,23,24). The van der Waals surface area contributed by atoms with E-state index in [4.69, 9.17) is 15.2 Å². The van der Waals surface area contributed by atoms with Crippen LogP contribution in [0.25, 0.3) is 0 Å². The quantitative estimate of drug-likeness (QED) is 0.432. The van der Waals surface area contributed by atoms with Crippen molar-refractivity contribution in [3.8, 4) is 0 Å². The predicted octanol–water partition coefficient (Wildman–Crippen LogP) is 3.22. The van der Waals surface area contributed by atoms with E-state index < -0.39 is 6.29 Å². The van der Waals surface area contributed by atoms with Gasteiger partial charge in [-0.15, -0.1) is 0 Å². The average Bonchev–Trinajstić information content (AvgIpc) is 3.26. The molecule has 3 aromatic rings. The first-order chi connectivity index (χ1) is 13.7. The Morgan fingerprint density at radius 2 is 2.00 bits per heavy atom. The highest BCUT2D eigenvalue weighted by Gasteiger charge is 2.32. The van der Waals surface area contributed by atoms with Crippen LogP contribution in [0, 0.1) is 0 Å². The molecule has 0 aliphatic carbocycles. The van der Waals surface area contributed by atoms with Crippen molar-refractivity contribution in [2.45, 2.75) is 36.7 Å². The van der Waals surface area contributed by atoms with Gasteiger partial charge in [-0.1, -0.05) is 48.2 Å². The van der Waals surface area contributed by atoms with Gasteiger partial charge in [-0.2, -0.15) is 5.10 Å². The van der Waals surface area contributed by atoms with Gasteiger partial charge in [0.05, 0.1) is 18.8 Å². The van der Waals surface area contributed by atoms with Crippen molar-refractivity contribution < 1.29 is 14.6 Å². The fourth-order valence-electron chi connectivity index (χ4n) is 3.16. The number of nitrogens with one attached hydrogen (secondary N) is 1. The number of aliphatic hydroxyl groups is 1. The van der Waals surface area contributed by atoms with E-state index in [9.17, 15) is 5.11 Å². The molecule has 28 heavy (non-hydrogen) atoms. The number of nitrogen functional groups attached to an aromatic ring is 1. The average molecular weight is 398 g/mol. The van der Waals surface area contributed by atoms with Crippen molar-refractivity contribution in [1.29, 1.82) is 0 Å². The molecule has 0 amide bonds. The number of thioether (sulfide) groups is 1. The van der Waals surface area contributed by atoms with Crippen LogP contribution >= 0.6 is 11.8 Å². The summed E-state index contributed by atoms with van der Waals surface area (Å²) >= 11 is 1.57. The van der Waals surface area contributed by atoms with E-state index in [1.807, 2.05) is 48.5 Å². The molecule has 0 saturated carbocycles. The van der Waals surface area contributed by atoms with Crippen LogP contribution in [0.15, 0.2) is 60.0 Å². The van der Waals surface area contributed by atoms with E-state index in [0.717, 1.165) is 34.0 Å². The molecule has 1 aromatic heterocycles. The van der Waals surface area contributed by atoms with Crippen LogP contribution in [0.1, 0.15) is 35.5 Å². The second-order valence-electron chi connectivity index (χ2n) is 6.62. The molecule has 0 spiro atoms. The van der Waals surface area contributed by atoms with Gasteiger partial charge in [-0.05, 0) is 23.3 Å². The van der Waals surface area contributed by atoms with E-state index >= 15 is 0 Å². The fourth-order valence-corrected chi connectivity index (χ4v) is 3.96. The fraction of sp³-hybridized carbons (Fsp3) is 0.300. The summed E-state index contributed by atoms with van der Waals surface area (Å²) < 4.78 is 12.5. The van der Waals surface area contributed by atoms with Crippen molar-refractivity contribution in [3.05, 3.63) is 71.5 Å². The Bertz CT molecular complexity index is 889. The minimum atomic E-state index is -0.500. The van der Waals surface area contributed by atoms with Gasteiger partial charge in [-0.25, -0.2) is 4.98 Å². The lowest BCUT2D eigenvalue weighted by atomic mass is 10.0. The zero-order valence-corrected chi connectivity index (χ0v) is 16.0. The molecule has 2 heterocycles. The van der Waals surface area contributed by atoms with E-state index in [2.05, 4.69) is 15.2 Å². The number of hydrogen-bond donors (Lipinski definition) is 3. The molecule has 1 aliphatic rings. The number of ether oxygens (including phenoxy) is 2. The molecule has 1 aliphatic heterocycles. The van der Waals surface area contributed by atoms with Crippen LogP contribution in [0.4, 0.5) is 5.69 Å². The number of benzene rings is 2. The Morgan fingerprint density at radius 1 is 1.14 bits per heavy atom. The highest BCUT2D eigenvalue weighted by molar-refractivity contribution is 7.99. The molecule has 1 saturated heterocycles. The van der Waals surface area contributed by atoms with Gasteiger partial charge < -0.3 is 20.3 Å². The van der Waals surface area contributed by atoms with E-state index in [-0.39, 0.29) is 18.8 Å². The van der Waals surface area contributed by atoms with Crippen LogP contribution in [-0.4, -0.2) is 32.1 Å². The van der Waals surface area contributed by atoms with Gasteiger partial charge >= 0.3 is 0 Å². The predicted molar refractivity (Wildman–Crippen MR) is 106 cm³/mol. The summed E-state index contributed by atoms with van der Waals surface area (Å²) in [6, 6.07) is 15.4. The number of anilines is 1. The third-order valence-corrected chi connectivity index (χ3v) is 5.61. The number of nitrogens with two attached hydrogens (primary N) is 1. The molecular weight excluding hydrogens is 376 g/mol. The number of aliphatic hydroxyl groups excluding tert-OH is 1. The summed E-state index contributed by atoms with van der Waals surface area (Å²) in [6.45, 7) is 0.0251. The van der Waals surface area contributed by atoms with Gasteiger partial charge in [0, 0.05) is 23.4 Å². The minimum absolute atomic E-state index is 0.0251. The third kappa shape index (κ3) is 4.53. The van der Waals surface area contributed by atoms with Gasteiger partial charge in [-0.3, -0.25) is 5.10 Å². The number of aromatic nitrogens is 3. The molecule has 2 aromatic carbocycles. The lowest BCUT2D eigenvalue weighted by Gasteiger charge is -2.36. The number of rotatable bonds is 6. The Kier molecular flexibility index (Phi) is 5.92. The molecule has 0 bridgehead atoms. The number of H-pyrrole nitrogens is 1. The minimum Gasteiger partial charge on any atom is -0.399 e. The van der Waals surface area contributed by atoms with Crippen molar-refractivity contribution in [2.24, 2.45) is 0 Å². The number of hydrogen-bond acceptors (Lipinski definition) is 7. The molecule has 8 heteroatoms. The summed E-state index contributed by atoms with van der Waals surface area (Å²) in [5, 5.41) is 16.8. The molecule has 3 atom stereocenters. The SMILES string of the molecule is Nc1cccc(C2OC(CSc3ncn[nH]3)CC(c3ccc(CO)cc3)O2)c1. The molecule has 146 valence electrons. The van der Waals surface area contributed by atoms with Gasteiger partial charge in [0.15, 0.2) is 11.4 Å². The lowest BCUT2D eigenvalue weighted by Crippen LogP contribution is -2.31. The molecule has 4 N–H and O–H groups in total. The van der Waals surface area contributed by atoms with E-state index in [1.54, 1.807) is 11.8 Å². The molecule has 0 radical (unpaired) electrons. The van der Waals surface area contributed by atoms with Crippen molar-refractivity contribution in [2.75, 3.05) is 11.5 Å². The largest absolute Gasteiger partial charge is 0.399 e. The van der Waals surface area contributed by atoms with Crippen LogP contribution < -0.4 is 5.73 Å². The second kappa shape index (κ2) is 8.74. The smallest absolute Gasteiger partial charge is 0.184 e. The summed E-state index contributed by atoms with van der Waals surface area (Å²) in [5.41, 5.74) is 9.44. The van der Waals surface area contributed by atoms with Gasteiger partial charge in [0.1, 0.15) is 6.33 Å². The number of aromatic amines is 1. The molecule has 7 nitrogen and oxygen atoms in total. The molecule has 4 rings (SSSR count). The molecular formula is C20H22N4O3S. The Labute approximate surface area is 167 Å². The maximum absolute atomic E-state index is 9.28. The van der Waals surface area contributed by atoms with Gasteiger partial charge in [0.2, 0.25) is 0 Å². The summed E-state index contributed by atoms with van der Waals surface area (Å²) in [4.78, 5) is 4.15. The summed E-state index contributed by atoms with van der Waals surface area (Å²) in [5.74, 6) is 0.725. The highest BCUT2D eigenvalue weighted by Crippen LogP contribution is 2.39. The number of nitrogens with zero attached hydrogens (tertiary/aromatic N) is 2. The van der Waals surface area contributed by atoms with Crippen LogP contribution in [-0.2, 0) is 16.1 Å². The Hall–Kier alpha value is -2.39. The zero-order chi connectivity index (χ0) is 19.3. The van der Waals surface area contributed by atoms with E-state index in [0.29, 0.717) is 5.69 Å². The van der Waals surface area contributed by atoms with E-state index in [1.165, 1.54) is 6.33 Å². The maximum atomic E-state index is 9.28. The van der Waals surface area contributed by atoms with Gasteiger partial charge in [0.25, 0.3) is 0 Å². The highest BCUT2D eigenvalue weighted by atomic mass is 32.2. The van der Waals surface area contributed by atoms with Crippen LogP contribution in [0.3, 0.4) is 0 Å². The van der Waals surface area contributed by atoms with Crippen molar-refractivity contribution in [3.63, 3.8) is 0 Å². The topological polar surface area (TPSA) is 106 Å². The normalized spacial score (nSPS) is 22.2. The second-order valence-corrected chi connectivity index (χ2v) is 7.63. The molecule has 3 unspecified atom stereocenters. The lowest BCUT2D eigenvalue weighted by molar-refractivity contribution is -0.245.